The van der Waals surface area contributed by atoms with Gasteiger partial charge in [-0.05, 0) is 24.1 Å². The Balaban J connectivity index is 1.73. The first-order chi connectivity index (χ1) is 10.4. The summed E-state index contributed by atoms with van der Waals surface area (Å²) in [6.45, 7) is 1.94. The van der Waals surface area contributed by atoms with E-state index < -0.39 is 17.6 Å². The first-order valence-corrected chi connectivity index (χ1v) is 6.67. The zero-order chi connectivity index (χ0) is 15.9. The van der Waals surface area contributed by atoms with Crippen molar-refractivity contribution < 1.29 is 18.7 Å². The predicted molar refractivity (Wildman–Crippen MR) is 74.7 cm³/mol. The van der Waals surface area contributed by atoms with Crippen molar-refractivity contribution in [2.24, 2.45) is 0 Å². The van der Waals surface area contributed by atoms with Gasteiger partial charge >= 0.3 is 5.97 Å². The van der Waals surface area contributed by atoms with Crippen molar-refractivity contribution in [1.82, 2.24) is 9.97 Å². The topological polar surface area (TPSA) is 75.1 Å². The molecule has 1 heterocycles. The van der Waals surface area contributed by atoms with Gasteiger partial charge in [0.2, 0.25) is 0 Å². The third-order valence-electron chi connectivity index (χ3n) is 4.01. The Morgan fingerprint density at radius 3 is 2.68 bits per heavy atom. The fourth-order valence-electron chi connectivity index (χ4n) is 2.44. The number of rotatable bonds is 4. The van der Waals surface area contributed by atoms with E-state index in [1.165, 1.54) is 18.5 Å². The van der Waals surface area contributed by atoms with E-state index in [0.717, 1.165) is 12.5 Å². The summed E-state index contributed by atoms with van der Waals surface area (Å²) < 4.78 is 26.3. The average molecular weight is 305 g/mol. The third-order valence-corrected chi connectivity index (χ3v) is 4.01. The Kier molecular flexibility index (Phi) is 3.27. The van der Waals surface area contributed by atoms with E-state index in [2.05, 4.69) is 15.3 Å². The van der Waals surface area contributed by atoms with Gasteiger partial charge in [-0.15, -0.1) is 0 Å². The van der Waals surface area contributed by atoms with Gasteiger partial charge in [0.05, 0.1) is 12.4 Å². The van der Waals surface area contributed by atoms with Crippen LogP contribution in [-0.2, 0) is 5.41 Å². The van der Waals surface area contributed by atoms with Crippen LogP contribution in [0.3, 0.4) is 0 Å². The van der Waals surface area contributed by atoms with Crippen molar-refractivity contribution in [2.75, 3.05) is 5.32 Å². The zero-order valence-corrected chi connectivity index (χ0v) is 11.7. The maximum absolute atomic E-state index is 13.3. The molecule has 2 unspecified atom stereocenters. The highest BCUT2D eigenvalue weighted by atomic mass is 19.2. The van der Waals surface area contributed by atoms with Gasteiger partial charge < -0.3 is 10.4 Å². The van der Waals surface area contributed by atoms with Gasteiger partial charge in [-0.25, -0.2) is 23.5 Å². The molecule has 0 aliphatic heterocycles. The molecule has 1 aromatic carbocycles. The fraction of sp³-hybridized carbons (Fsp3) is 0.267. The summed E-state index contributed by atoms with van der Waals surface area (Å²) in [7, 11) is 0. The minimum absolute atomic E-state index is 0.00217. The van der Waals surface area contributed by atoms with Crippen molar-refractivity contribution in [3.8, 4) is 0 Å². The van der Waals surface area contributed by atoms with E-state index in [4.69, 9.17) is 5.11 Å². The van der Waals surface area contributed by atoms with Crippen molar-refractivity contribution in [3.05, 3.63) is 53.5 Å². The van der Waals surface area contributed by atoms with Crippen LogP contribution < -0.4 is 5.32 Å². The predicted octanol–water partition coefficient (Wildman–Crippen LogP) is 2.60. The van der Waals surface area contributed by atoms with E-state index in [1.807, 2.05) is 6.92 Å². The summed E-state index contributed by atoms with van der Waals surface area (Å²) in [6, 6.07) is 3.89. The van der Waals surface area contributed by atoms with Gasteiger partial charge in [-0.2, -0.15) is 0 Å². The molecule has 22 heavy (non-hydrogen) atoms. The normalized spacial score (nSPS) is 23.1. The summed E-state index contributed by atoms with van der Waals surface area (Å²) in [6.07, 6.45) is 3.25. The SMILES string of the molecule is CC1(c2ccc(F)c(F)c2)CC1Nc1cnc(C(=O)O)cn1. The number of carboxylic acids is 1. The van der Waals surface area contributed by atoms with Crippen LogP contribution in [0, 0.1) is 11.6 Å². The molecule has 2 aromatic rings. The molecular formula is C15H13F2N3O2. The van der Waals surface area contributed by atoms with Crippen LogP contribution in [0.25, 0.3) is 0 Å². The number of benzene rings is 1. The lowest BCUT2D eigenvalue weighted by molar-refractivity contribution is 0.0690. The van der Waals surface area contributed by atoms with E-state index in [9.17, 15) is 13.6 Å². The number of hydrogen-bond acceptors (Lipinski definition) is 4. The first-order valence-electron chi connectivity index (χ1n) is 6.67. The van der Waals surface area contributed by atoms with Gasteiger partial charge in [0.15, 0.2) is 17.3 Å². The van der Waals surface area contributed by atoms with Crippen LogP contribution in [0.1, 0.15) is 29.4 Å². The van der Waals surface area contributed by atoms with E-state index in [0.29, 0.717) is 11.4 Å². The average Bonchev–Trinajstić information content (AvgIpc) is 3.14. The van der Waals surface area contributed by atoms with Gasteiger partial charge in [0.1, 0.15) is 5.82 Å². The minimum atomic E-state index is -1.14. The molecule has 0 amide bonds. The molecule has 2 atom stereocenters. The van der Waals surface area contributed by atoms with Crippen LogP contribution in [0.4, 0.5) is 14.6 Å². The summed E-state index contributed by atoms with van der Waals surface area (Å²) in [5, 5.41) is 11.9. The number of halogens is 2. The highest BCUT2D eigenvalue weighted by molar-refractivity contribution is 5.84. The van der Waals surface area contributed by atoms with Crippen molar-refractivity contribution in [3.63, 3.8) is 0 Å². The number of nitrogens with zero attached hydrogens (tertiary/aromatic N) is 2. The summed E-state index contributed by atoms with van der Waals surface area (Å²) in [5.74, 6) is -2.43. The van der Waals surface area contributed by atoms with Gasteiger partial charge in [-0.3, -0.25) is 0 Å². The summed E-state index contributed by atoms with van der Waals surface area (Å²) >= 11 is 0. The number of carboxylic acid groups (broad SMARTS) is 1. The van der Waals surface area contributed by atoms with Crippen molar-refractivity contribution in [1.29, 1.82) is 0 Å². The molecule has 1 aromatic heterocycles. The van der Waals surface area contributed by atoms with E-state index >= 15 is 0 Å². The molecule has 1 saturated carbocycles. The number of anilines is 1. The molecule has 1 fully saturated rings. The van der Waals surface area contributed by atoms with Crippen molar-refractivity contribution in [2.45, 2.75) is 24.8 Å². The van der Waals surface area contributed by atoms with E-state index in [-0.39, 0.29) is 17.2 Å². The molecule has 0 bridgehead atoms. The maximum Gasteiger partial charge on any atom is 0.356 e. The highest BCUT2D eigenvalue weighted by Crippen LogP contribution is 2.49. The van der Waals surface area contributed by atoms with E-state index in [1.54, 1.807) is 6.07 Å². The van der Waals surface area contributed by atoms with Gasteiger partial charge in [0, 0.05) is 11.5 Å². The Morgan fingerprint density at radius 1 is 1.32 bits per heavy atom. The number of aromatic carboxylic acids is 1. The second kappa shape index (κ2) is 5.01. The minimum Gasteiger partial charge on any atom is -0.476 e. The fourth-order valence-corrected chi connectivity index (χ4v) is 2.44. The number of nitrogens with one attached hydrogen (secondary N) is 1. The number of aromatic nitrogens is 2. The quantitative estimate of drug-likeness (QED) is 0.908. The summed E-state index contributed by atoms with van der Waals surface area (Å²) in [5.41, 5.74) is 0.255. The molecule has 1 aliphatic carbocycles. The Bertz CT molecular complexity index is 736. The molecule has 2 N–H and O–H groups in total. The molecule has 7 heteroatoms. The third kappa shape index (κ3) is 2.49. The van der Waals surface area contributed by atoms with Crippen LogP contribution >= 0.6 is 0 Å². The number of hydrogen-bond donors (Lipinski definition) is 2. The van der Waals surface area contributed by atoms with Crippen LogP contribution in [0.2, 0.25) is 0 Å². The lowest BCUT2D eigenvalue weighted by Crippen LogP contribution is -2.16. The van der Waals surface area contributed by atoms with Crippen LogP contribution in [0.15, 0.2) is 30.6 Å². The van der Waals surface area contributed by atoms with Gasteiger partial charge in [0.25, 0.3) is 0 Å². The van der Waals surface area contributed by atoms with Crippen LogP contribution in [-0.4, -0.2) is 27.1 Å². The Labute approximate surface area is 125 Å². The van der Waals surface area contributed by atoms with Crippen molar-refractivity contribution >= 4 is 11.8 Å². The standard InChI is InChI=1S/C15H13F2N3O2/c1-15(8-2-3-9(16)10(17)4-8)5-12(15)20-13-7-18-11(6-19-13)14(21)22/h2-4,6-7,12H,5H2,1H3,(H,19,20)(H,21,22). The first kappa shape index (κ1) is 14.4. The second-order valence-electron chi connectivity index (χ2n) is 5.54. The largest absolute Gasteiger partial charge is 0.476 e. The molecule has 3 rings (SSSR count). The Hall–Kier alpha value is -2.57. The smallest absolute Gasteiger partial charge is 0.356 e. The Morgan fingerprint density at radius 2 is 2.09 bits per heavy atom. The zero-order valence-electron chi connectivity index (χ0n) is 11.7. The van der Waals surface area contributed by atoms with Crippen LogP contribution in [0.5, 0.6) is 0 Å². The molecule has 5 nitrogen and oxygen atoms in total. The molecule has 0 spiro atoms. The highest BCUT2D eigenvalue weighted by Gasteiger charge is 2.51. The molecule has 0 saturated heterocycles. The summed E-state index contributed by atoms with van der Waals surface area (Å²) in [4.78, 5) is 18.5. The molecule has 114 valence electrons. The maximum atomic E-state index is 13.3. The molecular weight excluding hydrogens is 292 g/mol. The molecule has 0 radical (unpaired) electrons. The number of carbonyl (C=O) groups is 1. The second-order valence-corrected chi connectivity index (χ2v) is 5.54. The van der Waals surface area contributed by atoms with Gasteiger partial charge in [-0.1, -0.05) is 13.0 Å². The lowest BCUT2D eigenvalue weighted by atomic mass is 9.97. The molecule has 1 aliphatic rings. The monoisotopic (exact) mass is 305 g/mol. The lowest BCUT2D eigenvalue weighted by Gasteiger charge is -2.13.